The first-order valence-electron chi connectivity index (χ1n) is 9.28. The van der Waals surface area contributed by atoms with Crippen LogP contribution in [0.25, 0.3) is 0 Å². The Morgan fingerprint density at radius 1 is 0.950 bits per heavy atom. The van der Waals surface area contributed by atoms with E-state index in [0.717, 1.165) is 29.7 Å². The molecule has 0 unspecified atom stereocenters. The molecule has 1 aliphatic carbocycles. The summed E-state index contributed by atoms with van der Waals surface area (Å²) in [6, 6.07) is 0.926. The summed E-state index contributed by atoms with van der Waals surface area (Å²) >= 11 is 0. The quantitative estimate of drug-likeness (QED) is 0.592. The smallest absolute Gasteiger partial charge is 0.00982 e. The minimum absolute atomic E-state index is 0.891. The minimum Gasteiger partial charge on any atom is -0.300 e. The highest BCUT2D eigenvalue weighted by Gasteiger charge is 2.32. The lowest BCUT2D eigenvalue weighted by molar-refractivity contribution is 0.0955. The first kappa shape index (κ1) is 16.3. The molecule has 2 rings (SSSR count). The van der Waals surface area contributed by atoms with Gasteiger partial charge in [-0.1, -0.05) is 53.4 Å². The van der Waals surface area contributed by atoms with Crippen LogP contribution in [0.1, 0.15) is 79.1 Å². The standard InChI is InChI=1S/C19H37N/c1-15(2)7-5-6-8-18-9-10-19(12-18)20-13-16(3)11-17(4)14-20/h15-19H,5-14H2,1-4H3/t16-,17+,18-,19+/m1/s1. The Morgan fingerprint density at radius 3 is 2.30 bits per heavy atom. The average Bonchev–Trinajstić information content (AvgIpc) is 2.82. The van der Waals surface area contributed by atoms with Gasteiger partial charge in [0.05, 0.1) is 0 Å². The molecule has 0 aromatic rings. The molecule has 0 amide bonds. The largest absolute Gasteiger partial charge is 0.300 e. The number of piperidine rings is 1. The molecule has 2 aliphatic rings. The normalized spacial score (nSPS) is 35.9. The molecule has 4 atom stereocenters. The van der Waals surface area contributed by atoms with Gasteiger partial charge in [-0.25, -0.2) is 0 Å². The maximum Gasteiger partial charge on any atom is 0.00982 e. The van der Waals surface area contributed by atoms with E-state index >= 15 is 0 Å². The van der Waals surface area contributed by atoms with Crippen molar-refractivity contribution in [2.24, 2.45) is 23.7 Å². The Labute approximate surface area is 127 Å². The SMILES string of the molecule is CC(C)CCCC[C@@H]1CC[C@H](N2C[C@H](C)C[C@H](C)C2)C1. The van der Waals surface area contributed by atoms with Gasteiger partial charge < -0.3 is 0 Å². The fourth-order valence-corrected chi connectivity index (χ4v) is 4.64. The Balaban J connectivity index is 1.66. The molecule has 0 bridgehead atoms. The number of hydrogen-bond acceptors (Lipinski definition) is 1. The predicted molar refractivity (Wildman–Crippen MR) is 89.0 cm³/mol. The second-order valence-corrected chi connectivity index (χ2v) is 8.41. The monoisotopic (exact) mass is 279 g/mol. The summed E-state index contributed by atoms with van der Waals surface area (Å²) in [4.78, 5) is 2.84. The maximum atomic E-state index is 2.84. The van der Waals surface area contributed by atoms with Crippen LogP contribution in [-0.2, 0) is 0 Å². The molecule has 1 heteroatoms. The first-order valence-corrected chi connectivity index (χ1v) is 9.28. The molecule has 1 heterocycles. The van der Waals surface area contributed by atoms with E-state index in [0.29, 0.717) is 0 Å². The fourth-order valence-electron chi connectivity index (χ4n) is 4.64. The molecule has 0 aromatic heterocycles. The zero-order valence-electron chi connectivity index (χ0n) is 14.4. The second kappa shape index (κ2) is 7.82. The van der Waals surface area contributed by atoms with Gasteiger partial charge in [0, 0.05) is 19.1 Å². The van der Waals surface area contributed by atoms with Gasteiger partial charge in [-0.2, -0.15) is 0 Å². The van der Waals surface area contributed by atoms with E-state index in [1.54, 1.807) is 0 Å². The fraction of sp³-hybridized carbons (Fsp3) is 1.00. The topological polar surface area (TPSA) is 3.24 Å². The second-order valence-electron chi connectivity index (χ2n) is 8.41. The highest BCUT2D eigenvalue weighted by molar-refractivity contribution is 4.86. The lowest BCUT2D eigenvalue weighted by Crippen LogP contribution is -2.44. The number of rotatable bonds is 6. The zero-order valence-corrected chi connectivity index (χ0v) is 14.4. The van der Waals surface area contributed by atoms with E-state index in [1.165, 1.54) is 64.5 Å². The van der Waals surface area contributed by atoms with Crippen LogP contribution in [0.15, 0.2) is 0 Å². The number of nitrogens with zero attached hydrogens (tertiary/aromatic N) is 1. The van der Waals surface area contributed by atoms with Gasteiger partial charge in [0.25, 0.3) is 0 Å². The lowest BCUT2D eigenvalue weighted by atomic mass is 9.90. The van der Waals surface area contributed by atoms with Crippen molar-refractivity contribution in [1.29, 1.82) is 0 Å². The molecule has 0 aromatic carbocycles. The molecule has 1 saturated carbocycles. The summed E-state index contributed by atoms with van der Waals surface area (Å²) in [5.41, 5.74) is 0. The molecule has 2 fully saturated rings. The third-order valence-electron chi connectivity index (χ3n) is 5.57. The van der Waals surface area contributed by atoms with E-state index in [1.807, 2.05) is 0 Å². The van der Waals surface area contributed by atoms with Crippen molar-refractivity contribution in [3.05, 3.63) is 0 Å². The number of unbranched alkanes of at least 4 members (excludes halogenated alkanes) is 1. The zero-order chi connectivity index (χ0) is 14.5. The van der Waals surface area contributed by atoms with E-state index < -0.39 is 0 Å². The van der Waals surface area contributed by atoms with Crippen molar-refractivity contribution in [2.45, 2.75) is 85.1 Å². The molecule has 1 saturated heterocycles. The van der Waals surface area contributed by atoms with E-state index in [-0.39, 0.29) is 0 Å². The van der Waals surface area contributed by atoms with Gasteiger partial charge in [0.1, 0.15) is 0 Å². The Morgan fingerprint density at radius 2 is 1.65 bits per heavy atom. The molecule has 118 valence electrons. The molecular formula is C19H37N. The van der Waals surface area contributed by atoms with Crippen LogP contribution in [0.4, 0.5) is 0 Å². The third kappa shape index (κ3) is 5.06. The molecule has 1 aliphatic heterocycles. The van der Waals surface area contributed by atoms with Gasteiger partial charge in [-0.05, 0) is 49.4 Å². The lowest BCUT2D eigenvalue weighted by Gasteiger charge is -2.39. The number of hydrogen-bond donors (Lipinski definition) is 0. The van der Waals surface area contributed by atoms with Crippen LogP contribution in [0.5, 0.6) is 0 Å². The van der Waals surface area contributed by atoms with E-state index in [4.69, 9.17) is 0 Å². The van der Waals surface area contributed by atoms with Crippen LogP contribution < -0.4 is 0 Å². The highest BCUT2D eigenvalue weighted by atomic mass is 15.2. The molecule has 0 radical (unpaired) electrons. The van der Waals surface area contributed by atoms with Gasteiger partial charge in [-0.3, -0.25) is 4.90 Å². The summed E-state index contributed by atoms with van der Waals surface area (Å²) in [5, 5.41) is 0. The van der Waals surface area contributed by atoms with Gasteiger partial charge in [0.15, 0.2) is 0 Å². The van der Waals surface area contributed by atoms with Crippen LogP contribution in [0.3, 0.4) is 0 Å². The Hall–Kier alpha value is -0.0400. The summed E-state index contributed by atoms with van der Waals surface area (Å²) in [6.07, 6.45) is 11.8. The minimum atomic E-state index is 0.891. The number of likely N-dealkylation sites (tertiary alicyclic amines) is 1. The molecule has 1 nitrogen and oxygen atoms in total. The van der Waals surface area contributed by atoms with Crippen LogP contribution >= 0.6 is 0 Å². The maximum absolute atomic E-state index is 2.84. The average molecular weight is 280 g/mol. The van der Waals surface area contributed by atoms with Crippen molar-refractivity contribution < 1.29 is 0 Å². The van der Waals surface area contributed by atoms with Crippen molar-refractivity contribution >= 4 is 0 Å². The van der Waals surface area contributed by atoms with E-state index in [2.05, 4.69) is 32.6 Å². The summed E-state index contributed by atoms with van der Waals surface area (Å²) in [7, 11) is 0. The molecular weight excluding hydrogens is 242 g/mol. The van der Waals surface area contributed by atoms with Crippen molar-refractivity contribution in [1.82, 2.24) is 4.90 Å². The molecule has 20 heavy (non-hydrogen) atoms. The van der Waals surface area contributed by atoms with Crippen LogP contribution in [0, 0.1) is 23.7 Å². The predicted octanol–water partition coefficient (Wildman–Crippen LogP) is 5.35. The van der Waals surface area contributed by atoms with Crippen molar-refractivity contribution in [2.75, 3.05) is 13.1 Å². The highest BCUT2D eigenvalue weighted by Crippen LogP contribution is 2.35. The van der Waals surface area contributed by atoms with Crippen LogP contribution in [-0.4, -0.2) is 24.0 Å². The van der Waals surface area contributed by atoms with Crippen molar-refractivity contribution in [3.8, 4) is 0 Å². The van der Waals surface area contributed by atoms with Gasteiger partial charge >= 0.3 is 0 Å². The van der Waals surface area contributed by atoms with Gasteiger partial charge in [0.2, 0.25) is 0 Å². The summed E-state index contributed by atoms with van der Waals surface area (Å²) in [5.74, 6) is 3.77. The van der Waals surface area contributed by atoms with Gasteiger partial charge in [-0.15, -0.1) is 0 Å². The third-order valence-corrected chi connectivity index (χ3v) is 5.57. The summed E-state index contributed by atoms with van der Waals surface area (Å²) in [6.45, 7) is 12.3. The molecule has 0 N–H and O–H groups in total. The Bertz CT molecular complexity index is 263. The van der Waals surface area contributed by atoms with Crippen LogP contribution in [0.2, 0.25) is 0 Å². The van der Waals surface area contributed by atoms with E-state index in [9.17, 15) is 0 Å². The summed E-state index contributed by atoms with van der Waals surface area (Å²) < 4.78 is 0. The first-order chi connectivity index (χ1) is 9.54. The van der Waals surface area contributed by atoms with Crippen molar-refractivity contribution in [3.63, 3.8) is 0 Å². The molecule has 0 spiro atoms. The Kier molecular flexibility index (Phi) is 6.39.